The standard InChI is InChI=1S/C8H15F3N2O2/c1-7(2,12)3-6(15)13-4-5(14)8(9,10)11/h5,14H,3-4,12H2,1-2H3,(H,13,15). The summed E-state index contributed by atoms with van der Waals surface area (Å²) in [5.41, 5.74) is 4.70. The molecule has 0 spiro atoms. The van der Waals surface area contributed by atoms with Gasteiger partial charge in [0.15, 0.2) is 6.10 Å². The van der Waals surface area contributed by atoms with Gasteiger partial charge in [0.1, 0.15) is 0 Å². The summed E-state index contributed by atoms with van der Waals surface area (Å²) in [4.78, 5) is 11.0. The molecule has 0 aromatic rings. The molecular weight excluding hydrogens is 213 g/mol. The van der Waals surface area contributed by atoms with E-state index in [4.69, 9.17) is 10.8 Å². The average Bonchev–Trinajstić information content (AvgIpc) is 1.94. The van der Waals surface area contributed by atoms with Gasteiger partial charge in [0, 0.05) is 12.0 Å². The molecule has 0 aliphatic heterocycles. The Balaban J connectivity index is 3.92. The predicted octanol–water partition coefficient (Wildman–Crippen LogP) is 0.153. The Hall–Kier alpha value is -0.820. The number of nitrogens with one attached hydrogen (secondary N) is 1. The van der Waals surface area contributed by atoms with Crippen LogP contribution in [0.25, 0.3) is 0 Å². The molecule has 0 rings (SSSR count). The summed E-state index contributed by atoms with van der Waals surface area (Å²) in [5.74, 6) is -0.620. The summed E-state index contributed by atoms with van der Waals surface area (Å²) in [6.07, 6.45) is -7.36. The first-order valence-corrected chi connectivity index (χ1v) is 4.33. The minimum Gasteiger partial charge on any atom is -0.382 e. The van der Waals surface area contributed by atoms with Crippen LogP contribution in [0.15, 0.2) is 0 Å². The number of nitrogens with two attached hydrogens (primary N) is 1. The molecule has 0 aromatic carbocycles. The molecule has 1 amide bonds. The number of alkyl halides is 3. The maximum absolute atomic E-state index is 11.8. The molecule has 7 heteroatoms. The van der Waals surface area contributed by atoms with Gasteiger partial charge in [-0.3, -0.25) is 4.79 Å². The van der Waals surface area contributed by atoms with E-state index in [0.717, 1.165) is 0 Å². The smallest absolute Gasteiger partial charge is 0.382 e. The molecule has 0 saturated carbocycles. The van der Waals surface area contributed by atoms with Crippen molar-refractivity contribution in [2.45, 2.75) is 38.1 Å². The van der Waals surface area contributed by atoms with Gasteiger partial charge in [-0.05, 0) is 13.8 Å². The van der Waals surface area contributed by atoms with Crippen LogP contribution in [0, 0.1) is 0 Å². The van der Waals surface area contributed by atoms with Gasteiger partial charge in [-0.15, -0.1) is 0 Å². The Morgan fingerprint density at radius 3 is 2.27 bits per heavy atom. The van der Waals surface area contributed by atoms with Crippen molar-refractivity contribution < 1.29 is 23.1 Å². The van der Waals surface area contributed by atoms with E-state index in [1.165, 1.54) is 0 Å². The van der Waals surface area contributed by atoms with Crippen molar-refractivity contribution in [2.75, 3.05) is 6.54 Å². The van der Waals surface area contributed by atoms with Gasteiger partial charge in [0.2, 0.25) is 5.91 Å². The van der Waals surface area contributed by atoms with Crippen molar-refractivity contribution in [3.8, 4) is 0 Å². The minimum absolute atomic E-state index is 0.0996. The molecular formula is C8H15F3N2O2. The highest BCUT2D eigenvalue weighted by atomic mass is 19.4. The molecule has 90 valence electrons. The highest BCUT2D eigenvalue weighted by molar-refractivity contribution is 5.77. The first kappa shape index (κ1) is 14.2. The highest BCUT2D eigenvalue weighted by Gasteiger charge is 2.38. The van der Waals surface area contributed by atoms with Gasteiger partial charge in [-0.25, -0.2) is 0 Å². The zero-order valence-electron chi connectivity index (χ0n) is 8.56. The number of carbonyl (C=O) groups is 1. The zero-order valence-corrected chi connectivity index (χ0v) is 8.56. The number of hydrogen-bond donors (Lipinski definition) is 3. The Morgan fingerprint density at radius 1 is 1.47 bits per heavy atom. The molecule has 0 aromatic heterocycles. The number of carbonyl (C=O) groups excluding carboxylic acids is 1. The van der Waals surface area contributed by atoms with E-state index in [1.54, 1.807) is 13.8 Å². The van der Waals surface area contributed by atoms with Crippen molar-refractivity contribution in [1.29, 1.82) is 0 Å². The Bertz CT molecular complexity index is 223. The third-order valence-electron chi connectivity index (χ3n) is 1.49. The summed E-state index contributed by atoms with van der Waals surface area (Å²) >= 11 is 0. The molecule has 4 nitrogen and oxygen atoms in total. The predicted molar refractivity (Wildman–Crippen MR) is 48.0 cm³/mol. The van der Waals surface area contributed by atoms with E-state index in [1.807, 2.05) is 5.32 Å². The summed E-state index contributed by atoms with van der Waals surface area (Å²) in [7, 11) is 0. The fraction of sp³-hybridized carbons (Fsp3) is 0.875. The van der Waals surface area contributed by atoms with E-state index < -0.39 is 30.3 Å². The van der Waals surface area contributed by atoms with E-state index in [2.05, 4.69) is 0 Å². The molecule has 0 bridgehead atoms. The number of hydrogen-bond acceptors (Lipinski definition) is 3. The lowest BCUT2D eigenvalue weighted by molar-refractivity contribution is -0.201. The van der Waals surface area contributed by atoms with Gasteiger partial charge in [0.05, 0.1) is 6.54 Å². The van der Waals surface area contributed by atoms with Gasteiger partial charge in [-0.2, -0.15) is 13.2 Å². The van der Waals surface area contributed by atoms with Crippen LogP contribution < -0.4 is 11.1 Å². The number of aliphatic hydroxyl groups excluding tert-OH is 1. The number of amides is 1. The highest BCUT2D eigenvalue weighted by Crippen LogP contribution is 2.19. The molecule has 0 fully saturated rings. The SMILES string of the molecule is CC(C)(N)CC(=O)NCC(O)C(F)(F)F. The lowest BCUT2D eigenvalue weighted by Crippen LogP contribution is -2.44. The van der Waals surface area contributed by atoms with E-state index >= 15 is 0 Å². The molecule has 0 radical (unpaired) electrons. The zero-order chi connectivity index (χ0) is 12.3. The lowest BCUT2D eigenvalue weighted by atomic mass is 10.0. The van der Waals surface area contributed by atoms with Gasteiger partial charge < -0.3 is 16.2 Å². The third kappa shape index (κ3) is 7.15. The summed E-state index contributed by atoms with van der Waals surface area (Å²) in [5, 5.41) is 10.5. The van der Waals surface area contributed by atoms with E-state index in [0.29, 0.717) is 0 Å². The average molecular weight is 228 g/mol. The fourth-order valence-electron chi connectivity index (χ4n) is 0.803. The Labute approximate surface area is 85.6 Å². The number of rotatable bonds is 4. The minimum atomic E-state index is -4.72. The molecule has 0 heterocycles. The number of aliphatic hydroxyl groups is 1. The topological polar surface area (TPSA) is 75.4 Å². The second-order valence-electron chi connectivity index (χ2n) is 4.03. The molecule has 1 atom stereocenters. The first-order chi connectivity index (χ1) is 6.52. The van der Waals surface area contributed by atoms with Crippen molar-refractivity contribution in [3.63, 3.8) is 0 Å². The summed E-state index contributed by atoms with van der Waals surface area (Å²) in [6.45, 7) is 2.30. The van der Waals surface area contributed by atoms with Gasteiger partial charge >= 0.3 is 6.18 Å². The third-order valence-corrected chi connectivity index (χ3v) is 1.49. The largest absolute Gasteiger partial charge is 0.416 e. The van der Waals surface area contributed by atoms with Crippen LogP contribution in [-0.4, -0.2) is 35.4 Å². The second-order valence-corrected chi connectivity index (χ2v) is 4.03. The fourth-order valence-corrected chi connectivity index (χ4v) is 0.803. The van der Waals surface area contributed by atoms with Crippen molar-refractivity contribution in [2.24, 2.45) is 5.73 Å². The summed E-state index contributed by atoms with van der Waals surface area (Å²) in [6, 6.07) is 0. The molecule has 0 saturated heterocycles. The first-order valence-electron chi connectivity index (χ1n) is 4.33. The lowest BCUT2D eigenvalue weighted by Gasteiger charge is -2.19. The van der Waals surface area contributed by atoms with Crippen LogP contribution in [0.5, 0.6) is 0 Å². The quantitative estimate of drug-likeness (QED) is 0.641. The van der Waals surface area contributed by atoms with Gasteiger partial charge in [0.25, 0.3) is 0 Å². The van der Waals surface area contributed by atoms with E-state index in [9.17, 15) is 18.0 Å². The van der Waals surface area contributed by atoms with Crippen LogP contribution in [0.3, 0.4) is 0 Å². The second kappa shape index (κ2) is 4.80. The van der Waals surface area contributed by atoms with Crippen LogP contribution in [-0.2, 0) is 4.79 Å². The summed E-state index contributed by atoms with van der Waals surface area (Å²) < 4.78 is 35.4. The molecule has 1 unspecified atom stereocenters. The van der Waals surface area contributed by atoms with Crippen molar-refractivity contribution in [3.05, 3.63) is 0 Å². The molecule has 0 aliphatic rings. The van der Waals surface area contributed by atoms with Crippen LogP contribution in [0.2, 0.25) is 0 Å². The van der Waals surface area contributed by atoms with Crippen molar-refractivity contribution >= 4 is 5.91 Å². The van der Waals surface area contributed by atoms with Crippen LogP contribution in [0.1, 0.15) is 20.3 Å². The molecule has 0 aliphatic carbocycles. The van der Waals surface area contributed by atoms with Crippen LogP contribution in [0.4, 0.5) is 13.2 Å². The molecule has 15 heavy (non-hydrogen) atoms. The van der Waals surface area contributed by atoms with E-state index in [-0.39, 0.29) is 6.42 Å². The monoisotopic (exact) mass is 228 g/mol. The maximum Gasteiger partial charge on any atom is 0.416 e. The number of halogens is 3. The normalized spacial score (nSPS) is 14.9. The Kier molecular flexibility index (Phi) is 4.54. The van der Waals surface area contributed by atoms with Crippen LogP contribution >= 0.6 is 0 Å². The maximum atomic E-state index is 11.8. The Morgan fingerprint density at radius 2 is 1.93 bits per heavy atom. The molecule has 4 N–H and O–H groups in total. The van der Waals surface area contributed by atoms with Gasteiger partial charge in [-0.1, -0.05) is 0 Å². The van der Waals surface area contributed by atoms with Crippen molar-refractivity contribution in [1.82, 2.24) is 5.32 Å².